The average Bonchev–Trinajstić information content (AvgIpc) is 1.38. The lowest BCUT2D eigenvalue weighted by molar-refractivity contribution is 0.648. The Bertz CT molecular complexity index is 47.6. The van der Waals surface area contributed by atoms with E-state index in [1.807, 2.05) is 0 Å². The van der Waals surface area contributed by atoms with E-state index in [4.69, 9.17) is 4.89 Å². The fraction of sp³-hybridized carbons (Fsp3) is 0. The third kappa shape index (κ3) is 4.37. The molecule has 30 valence electrons. The SMILES string of the molecule is NN=[P+](O)[S-]. The molecule has 0 rings (SSSR count). The molecular weight excluding hydrogens is 107 g/mol. The highest BCUT2D eigenvalue weighted by atomic mass is 32.7. The Labute approximate surface area is 35.9 Å². The highest BCUT2D eigenvalue weighted by Crippen LogP contribution is 2.08. The molecule has 0 fully saturated rings. The first-order valence-corrected chi connectivity index (χ1v) is 3.10. The fourth-order valence-electron chi connectivity index (χ4n) is 0. The van der Waals surface area contributed by atoms with Crippen molar-refractivity contribution < 1.29 is 4.89 Å². The number of nitrogens with two attached hydrogens (primary N) is 1. The summed E-state index contributed by atoms with van der Waals surface area (Å²) in [7, 11) is -1.61. The second-order valence-electron chi connectivity index (χ2n) is 0.368. The van der Waals surface area contributed by atoms with Gasteiger partial charge in [0.05, 0.1) is 0 Å². The van der Waals surface area contributed by atoms with Crippen LogP contribution in [-0.2, 0) is 12.2 Å². The molecule has 0 aromatic carbocycles. The van der Waals surface area contributed by atoms with Crippen molar-refractivity contribution in [3.05, 3.63) is 0 Å². The van der Waals surface area contributed by atoms with Crippen LogP contribution in [0.2, 0.25) is 0 Å². The normalized spacial score (nSPS) is 12.2. The van der Waals surface area contributed by atoms with Gasteiger partial charge in [0.2, 0.25) is 7.14 Å². The Morgan fingerprint density at radius 1 is 2.00 bits per heavy atom. The van der Waals surface area contributed by atoms with Crippen molar-refractivity contribution in [2.75, 3.05) is 0 Å². The van der Waals surface area contributed by atoms with E-state index >= 15 is 0 Å². The Morgan fingerprint density at radius 2 is 2.20 bits per heavy atom. The van der Waals surface area contributed by atoms with E-state index in [1.165, 1.54) is 0 Å². The monoisotopic (exact) mass is 110 g/mol. The zero-order chi connectivity index (χ0) is 4.28. The minimum absolute atomic E-state index is 1.61. The predicted molar refractivity (Wildman–Crippen MR) is 23.1 cm³/mol. The van der Waals surface area contributed by atoms with Gasteiger partial charge in [-0.15, -0.1) is 0 Å². The number of hydrogen-bond donors (Lipinski definition) is 2. The van der Waals surface area contributed by atoms with E-state index < -0.39 is 7.14 Å². The molecule has 0 aliphatic carbocycles. The van der Waals surface area contributed by atoms with Crippen molar-refractivity contribution in [1.29, 1.82) is 0 Å². The van der Waals surface area contributed by atoms with Gasteiger partial charge in [0.25, 0.3) is 0 Å². The quantitative estimate of drug-likeness (QED) is 0.198. The smallest absolute Gasteiger partial charge is 0.245 e. The summed E-state index contributed by atoms with van der Waals surface area (Å²) in [6.45, 7) is 0. The standard InChI is InChI=1S/H3N2OPS/c1-2-4(3)5/h1H2,(H,2,3,5). The molecule has 0 amide bonds. The topological polar surface area (TPSA) is 58.6 Å². The molecule has 0 bridgehead atoms. The maximum atomic E-state index is 7.95. The maximum Gasteiger partial charge on any atom is 0.245 e. The van der Waals surface area contributed by atoms with Gasteiger partial charge < -0.3 is 12.2 Å². The van der Waals surface area contributed by atoms with Crippen LogP contribution in [0.15, 0.2) is 4.85 Å². The summed E-state index contributed by atoms with van der Waals surface area (Å²) >= 11 is 4.11. The van der Waals surface area contributed by atoms with Gasteiger partial charge in [-0.05, 0) is 4.85 Å². The van der Waals surface area contributed by atoms with Crippen LogP contribution in [0.5, 0.6) is 0 Å². The largest absolute Gasteiger partial charge is 0.430 e. The zero-order valence-corrected chi connectivity index (χ0v) is 4.04. The van der Waals surface area contributed by atoms with Crippen LogP contribution in [0.25, 0.3) is 0 Å². The van der Waals surface area contributed by atoms with Gasteiger partial charge in [0.1, 0.15) is 0 Å². The molecule has 0 saturated carbocycles. The molecule has 0 aromatic heterocycles. The van der Waals surface area contributed by atoms with Crippen molar-refractivity contribution in [3.8, 4) is 0 Å². The Hall–Kier alpha value is 0.370. The van der Waals surface area contributed by atoms with E-state index in [1.54, 1.807) is 0 Å². The average molecular weight is 110 g/mol. The van der Waals surface area contributed by atoms with Crippen LogP contribution in [0, 0.1) is 0 Å². The second kappa shape index (κ2) is 2.60. The van der Waals surface area contributed by atoms with Crippen molar-refractivity contribution in [3.63, 3.8) is 0 Å². The highest BCUT2D eigenvalue weighted by Gasteiger charge is 1.68. The first-order valence-electron chi connectivity index (χ1n) is 0.841. The number of nitrogens with zero attached hydrogens (tertiary/aromatic N) is 1. The summed E-state index contributed by atoms with van der Waals surface area (Å²) in [5.74, 6) is 4.47. The molecular formula is H3N2OPS. The minimum atomic E-state index is -1.61. The molecule has 0 aromatic rings. The molecule has 5 heavy (non-hydrogen) atoms. The Balaban J connectivity index is 3.14. The third-order valence-electron chi connectivity index (χ3n) is 0.0988. The van der Waals surface area contributed by atoms with Gasteiger partial charge in [0.15, 0.2) is 0 Å². The number of rotatable bonds is 0. The van der Waals surface area contributed by atoms with Gasteiger partial charge >= 0.3 is 0 Å². The molecule has 1 unspecified atom stereocenters. The maximum absolute atomic E-state index is 7.95. The van der Waals surface area contributed by atoms with Crippen molar-refractivity contribution in [2.45, 2.75) is 0 Å². The van der Waals surface area contributed by atoms with Crippen LogP contribution in [0.3, 0.4) is 0 Å². The first-order chi connectivity index (χ1) is 2.27. The first kappa shape index (κ1) is 5.37. The second-order valence-corrected chi connectivity index (χ2v) is 2.08. The van der Waals surface area contributed by atoms with Gasteiger partial charge in [-0.1, -0.05) is 0 Å². The van der Waals surface area contributed by atoms with Crippen molar-refractivity contribution in [2.24, 2.45) is 10.7 Å². The fourth-order valence-corrected chi connectivity index (χ4v) is 0. The summed E-state index contributed by atoms with van der Waals surface area (Å²) in [6, 6.07) is 0. The molecule has 1 atom stereocenters. The van der Waals surface area contributed by atoms with E-state index in [0.29, 0.717) is 0 Å². The third-order valence-corrected chi connectivity index (χ3v) is 0.579. The van der Waals surface area contributed by atoms with Crippen LogP contribution in [0.4, 0.5) is 0 Å². The van der Waals surface area contributed by atoms with Gasteiger partial charge in [0, 0.05) is 0 Å². The molecule has 0 spiro atoms. The molecule has 5 heteroatoms. The molecule has 0 radical (unpaired) electrons. The zero-order valence-electron chi connectivity index (χ0n) is 2.33. The summed E-state index contributed by atoms with van der Waals surface area (Å²) in [5.41, 5.74) is 0. The number of hydrogen-bond acceptors (Lipinski definition) is 2. The van der Waals surface area contributed by atoms with E-state index in [2.05, 4.69) is 22.9 Å². The summed E-state index contributed by atoms with van der Waals surface area (Å²) in [6.07, 6.45) is 0. The highest BCUT2D eigenvalue weighted by molar-refractivity contribution is 8.26. The van der Waals surface area contributed by atoms with Gasteiger partial charge in [-0.3, -0.25) is 0 Å². The van der Waals surface area contributed by atoms with Crippen molar-refractivity contribution >= 4 is 19.4 Å². The lowest BCUT2D eigenvalue weighted by Crippen LogP contribution is -1.69. The van der Waals surface area contributed by atoms with Crippen LogP contribution in [0.1, 0.15) is 0 Å². The molecule has 0 heterocycles. The van der Waals surface area contributed by atoms with Gasteiger partial charge in [-0.2, -0.15) is 10.7 Å². The summed E-state index contributed by atoms with van der Waals surface area (Å²) in [5, 5.41) is 0. The Kier molecular flexibility index (Phi) is 2.79. The molecule has 0 aliphatic rings. The molecule has 3 nitrogen and oxygen atoms in total. The molecule has 3 N–H and O–H groups in total. The van der Waals surface area contributed by atoms with Crippen LogP contribution >= 0.6 is 7.14 Å². The van der Waals surface area contributed by atoms with Crippen LogP contribution in [-0.4, -0.2) is 4.89 Å². The lowest BCUT2D eigenvalue weighted by atomic mass is 13.0. The van der Waals surface area contributed by atoms with Crippen molar-refractivity contribution in [1.82, 2.24) is 0 Å². The minimum Gasteiger partial charge on any atom is -0.430 e. The van der Waals surface area contributed by atoms with E-state index in [9.17, 15) is 0 Å². The van der Waals surface area contributed by atoms with Crippen LogP contribution < -0.4 is 5.84 Å². The summed E-state index contributed by atoms with van der Waals surface area (Å²) < 4.78 is 0. The molecule has 0 saturated heterocycles. The molecule has 0 aliphatic heterocycles. The Morgan fingerprint density at radius 3 is 2.20 bits per heavy atom. The lowest BCUT2D eigenvalue weighted by Gasteiger charge is -1.70. The van der Waals surface area contributed by atoms with E-state index in [-0.39, 0.29) is 0 Å². The van der Waals surface area contributed by atoms with E-state index in [0.717, 1.165) is 0 Å². The predicted octanol–water partition coefficient (Wildman–Crippen LogP) is -0.105. The van der Waals surface area contributed by atoms with Gasteiger partial charge in [-0.25, -0.2) is 0 Å². The summed E-state index contributed by atoms with van der Waals surface area (Å²) in [4.78, 5) is 10.8.